The SMILES string of the molecule is O=C1C(c2ccc(O)cc2)=C(c2ccccc2)C(c2ccc(C3=C(c4ccc(O)cc4)C(=O)C(c4ccc(O)cc4)=C3c3ccccc3)cc2)=C1c1ccc(O)cc1. The first kappa shape index (κ1) is 35.7. The molecule has 7 aromatic carbocycles. The highest BCUT2D eigenvalue weighted by Gasteiger charge is 2.37. The van der Waals surface area contributed by atoms with Crippen LogP contribution in [0.3, 0.4) is 0 Å². The van der Waals surface area contributed by atoms with Crippen molar-refractivity contribution in [2.75, 3.05) is 0 Å². The molecule has 0 bridgehead atoms. The summed E-state index contributed by atoms with van der Waals surface area (Å²) < 4.78 is 0. The monoisotopic (exact) mass is 754 g/mol. The molecule has 0 spiro atoms. The molecule has 0 saturated heterocycles. The Bertz CT molecular complexity index is 2660. The van der Waals surface area contributed by atoms with Crippen LogP contribution in [0.15, 0.2) is 182 Å². The normalized spacial score (nSPS) is 14.3. The maximum atomic E-state index is 14.8. The van der Waals surface area contributed by atoms with Crippen molar-refractivity contribution in [3.63, 3.8) is 0 Å². The number of rotatable bonds is 8. The molecular weight excluding hydrogens is 721 g/mol. The second-order valence-electron chi connectivity index (χ2n) is 14.2. The molecule has 0 atom stereocenters. The summed E-state index contributed by atoms with van der Waals surface area (Å²) in [5.74, 6) is -0.0615. The third kappa shape index (κ3) is 6.29. The maximum Gasteiger partial charge on any atom is 0.195 e. The number of hydrogen-bond acceptors (Lipinski definition) is 6. The fourth-order valence-electron chi connectivity index (χ4n) is 7.99. The molecule has 6 heteroatoms. The standard InChI is InChI=1S/C52H34O6/c53-39-23-15-35(16-24-39)47-43(31-7-3-1-4-8-31)45(49(51(47)57)37-19-27-41(55)28-20-37)33-11-13-34(14-12-33)46-44(32-9-5-2-6-10-32)48(36-17-25-40(54)26-18-36)52(58)50(46)38-21-29-42(56)30-22-38/h1-30,53-56H. The minimum Gasteiger partial charge on any atom is -0.508 e. The van der Waals surface area contributed by atoms with Gasteiger partial charge in [-0.1, -0.05) is 133 Å². The number of allylic oxidation sites excluding steroid dienone is 8. The van der Waals surface area contributed by atoms with Gasteiger partial charge in [-0.2, -0.15) is 0 Å². The van der Waals surface area contributed by atoms with E-state index in [1.807, 2.05) is 84.9 Å². The predicted molar refractivity (Wildman–Crippen MR) is 229 cm³/mol. The van der Waals surface area contributed by atoms with Gasteiger partial charge in [0.25, 0.3) is 0 Å². The summed E-state index contributed by atoms with van der Waals surface area (Å²) in [7, 11) is 0. The Morgan fingerprint density at radius 2 is 0.379 bits per heavy atom. The van der Waals surface area contributed by atoms with Crippen LogP contribution < -0.4 is 0 Å². The third-order valence-electron chi connectivity index (χ3n) is 10.6. The van der Waals surface area contributed by atoms with Crippen molar-refractivity contribution < 1.29 is 30.0 Å². The number of hydrogen-bond donors (Lipinski definition) is 4. The van der Waals surface area contributed by atoms with E-state index in [-0.39, 0.29) is 34.6 Å². The highest BCUT2D eigenvalue weighted by Crippen LogP contribution is 2.52. The van der Waals surface area contributed by atoms with Gasteiger partial charge in [-0.3, -0.25) is 9.59 Å². The lowest BCUT2D eigenvalue weighted by molar-refractivity contribution is -0.109. The number of phenolic OH excluding ortho intramolecular Hbond substituents is 4. The average Bonchev–Trinajstić information content (AvgIpc) is 3.73. The van der Waals surface area contributed by atoms with E-state index in [0.717, 1.165) is 33.4 Å². The van der Waals surface area contributed by atoms with Crippen LogP contribution in [0.2, 0.25) is 0 Å². The zero-order valence-electron chi connectivity index (χ0n) is 30.9. The van der Waals surface area contributed by atoms with E-state index < -0.39 is 0 Å². The fraction of sp³-hybridized carbons (Fsp3) is 0. The lowest BCUT2D eigenvalue weighted by Gasteiger charge is -2.16. The Kier molecular flexibility index (Phi) is 8.99. The molecule has 7 aromatic rings. The second-order valence-corrected chi connectivity index (χ2v) is 14.2. The van der Waals surface area contributed by atoms with Gasteiger partial charge in [-0.05, 0) is 93.0 Å². The number of Topliss-reactive ketones (excluding diaryl/α,β-unsaturated/α-hetero) is 2. The molecule has 278 valence electrons. The average molecular weight is 755 g/mol. The van der Waals surface area contributed by atoms with Crippen molar-refractivity contribution in [1.29, 1.82) is 0 Å². The highest BCUT2D eigenvalue weighted by molar-refractivity contribution is 6.60. The molecule has 0 fully saturated rings. The molecule has 2 aliphatic rings. The molecule has 58 heavy (non-hydrogen) atoms. The lowest BCUT2D eigenvalue weighted by atomic mass is 9.86. The summed E-state index contributed by atoms with van der Waals surface area (Å²) in [5.41, 5.74) is 10.5. The van der Waals surface area contributed by atoms with Crippen LogP contribution in [-0.4, -0.2) is 32.0 Å². The predicted octanol–water partition coefficient (Wildman–Crippen LogP) is 10.7. The van der Waals surface area contributed by atoms with Gasteiger partial charge in [0.2, 0.25) is 0 Å². The van der Waals surface area contributed by atoms with Gasteiger partial charge in [0, 0.05) is 44.6 Å². The molecule has 0 aliphatic heterocycles. The Hall–Kier alpha value is -7.96. The van der Waals surface area contributed by atoms with Crippen LogP contribution in [0.25, 0.3) is 44.6 Å². The first-order valence-corrected chi connectivity index (χ1v) is 18.7. The summed E-state index contributed by atoms with van der Waals surface area (Å²) in [6, 6.07) is 53.7. The van der Waals surface area contributed by atoms with Gasteiger partial charge in [-0.15, -0.1) is 0 Å². The molecule has 0 saturated carbocycles. The maximum absolute atomic E-state index is 14.8. The third-order valence-corrected chi connectivity index (χ3v) is 10.6. The van der Waals surface area contributed by atoms with Crippen molar-refractivity contribution in [2.24, 2.45) is 0 Å². The molecule has 0 heterocycles. The number of benzene rings is 7. The first-order valence-electron chi connectivity index (χ1n) is 18.7. The smallest absolute Gasteiger partial charge is 0.195 e. The minimum absolute atomic E-state index is 0.0773. The Balaban J connectivity index is 1.30. The topological polar surface area (TPSA) is 115 Å². The number of phenols is 4. The van der Waals surface area contributed by atoms with Crippen LogP contribution in [0.5, 0.6) is 23.0 Å². The van der Waals surface area contributed by atoms with Crippen LogP contribution in [0, 0.1) is 0 Å². The fourth-order valence-corrected chi connectivity index (χ4v) is 7.99. The van der Waals surface area contributed by atoms with Gasteiger partial charge >= 0.3 is 0 Å². The van der Waals surface area contributed by atoms with E-state index in [2.05, 4.69) is 0 Å². The van der Waals surface area contributed by atoms with Gasteiger partial charge in [0.15, 0.2) is 11.6 Å². The Labute approximate surface area is 334 Å². The quantitative estimate of drug-likeness (QED) is 0.123. The van der Waals surface area contributed by atoms with E-state index in [9.17, 15) is 30.0 Å². The second kappa shape index (κ2) is 14.6. The van der Waals surface area contributed by atoms with E-state index in [4.69, 9.17) is 0 Å². The summed E-state index contributed by atoms with van der Waals surface area (Å²) in [4.78, 5) is 29.7. The molecule has 0 unspecified atom stereocenters. The van der Waals surface area contributed by atoms with Crippen molar-refractivity contribution in [3.8, 4) is 23.0 Å². The number of aromatic hydroxyl groups is 4. The Morgan fingerprint density at radius 1 is 0.207 bits per heavy atom. The molecule has 0 radical (unpaired) electrons. The largest absolute Gasteiger partial charge is 0.508 e. The zero-order chi connectivity index (χ0) is 39.9. The van der Waals surface area contributed by atoms with Crippen molar-refractivity contribution in [3.05, 3.63) is 226 Å². The van der Waals surface area contributed by atoms with Gasteiger partial charge in [0.1, 0.15) is 23.0 Å². The van der Waals surface area contributed by atoms with E-state index in [1.165, 1.54) is 0 Å². The van der Waals surface area contributed by atoms with E-state index >= 15 is 0 Å². The molecule has 9 rings (SSSR count). The summed E-state index contributed by atoms with van der Waals surface area (Å²) in [6.07, 6.45) is 0. The van der Waals surface area contributed by atoms with Gasteiger partial charge < -0.3 is 20.4 Å². The van der Waals surface area contributed by atoms with E-state index in [0.29, 0.717) is 55.7 Å². The first-order chi connectivity index (χ1) is 28.3. The zero-order valence-corrected chi connectivity index (χ0v) is 30.9. The molecular formula is C52H34O6. The van der Waals surface area contributed by atoms with Crippen LogP contribution in [-0.2, 0) is 9.59 Å². The molecule has 6 nitrogen and oxygen atoms in total. The van der Waals surface area contributed by atoms with E-state index in [1.54, 1.807) is 97.1 Å². The summed E-state index contributed by atoms with van der Waals surface area (Å²) >= 11 is 0. The van der Waals surface area contributed by atoms with Crippen LogP contribution >= 0.6 is 0 Å². The van der Waals surface area contributed by atoms with Crippen molar-refractivity contribution in [2.45, 2.75) is 0 Å². The number of carbonyl (C=O) groups excluding carboxylic acids is 2. The van der Waals surface area contributed by atoms with Crippen LogP contribution in [0.1, 0.15) is 44.5 Å². The highest BCUT2D eigenvalue weighted by atomic mass is 16.3. The number of ketones is 2. The lowest BCUT2D eigenvalue weighted by Crippen LogP contribution is -2.02. The van der Waals surface area contributed by atoms with Crippen LogP contribution in [0.4, 0.5) is 0 Å². The van der Waals surface area contributed by atoms with Gasteiger partial charge in [-0.25, -0.2) is 0 Å². The molecule has 0 aromatic heterocycles. The summed E-state index contributed by atoms with van der Waals surface area (Å²) in [6.45, 7) is 0. The minimum atomic E-state index is -0.194. The Morgan fingerprint density at radius 3 is 0.603 bits per heavy atom. The van der Waals surface area contributed by atoms with Crippen molar-refractivity contribution >= 4 is 56.2 Å². The van der Waals surface area contributed by atoms with Gasteiger partial charge in [0.05, 0.1) is 0 Å². The van der Waals surface area contributed by atoms with Crippen molar-refractivity contribution in [1.82, 2.24) is 0 Å². The summed E-state index contributed by atoms with van der Waals surface area (Å²) in [5, 5.41) is 40.8. The molecule has 2 aliphatic carbocycles. The molecule has 4 N–H and O–H groups in total. The molecule has 0 amide bonds. The number of carbonyl (C=O) groups is 2.